The number of aromatic hydroxyl groups is 1. The topological polar surface area (TPSA) is 148 Å². The maximum Gasteiger partial charge on any atom is 0.335 e. The number of para-hydroxylation sites is 1. The summed E-state index contributed by atoms with van der Waals surface area (Å²) in [6.45, 7) is 5.14. The molecule has 1 atom stereocenters. The van der Waals surface area contributed by atoms with Crippen LogP contribution in [0, 0.1) is 13.8 Å². The molecule has 0 saturated carbocycles. The lowest BCUT2D eigenvalue weighted by Gasteiger charge is -2.36. The van der Waals surface area contributed by atoms with Gasteiger partial charge in [-0.1, -0.05) is 18.2 Å². The Labute approximate surface area is 181 Å². The third-order valence-electron chi connectivity index (χ3n) is 5.62. The van der Waals surface area contributed by atoms with Gasteiger partial charge in [-0.25, -0.2) is 4.79 Å². The molecule has 164 valence electrons. The molecule has 1 fully saturated rings. The summed E-state index contributed by atoms with van der Waals surface area (Å²) in [4.78, 5) is 13.4. The predicted molar refractivity (Wildman–Crippen MR) is 119 cm³/mol. The number of rotatable bonds is 5. The molecule has 8 nitrogen and oxygen atoms in total. The molecule has 1 unspecified atom stereocenters. The lowest BCUT2D eigenvalue weighted by atomic mass is 9.94. The zero-order valence-corrected chi connectivity index (χ0v) is 17.6. The minimum absolute atomic E-state index is 0.0654. The zero-order valence-electron chi connectivity index (χ0n) is 17.6. The van der Waals surface area contributed by atoms with Gasteiger partial charge in [-0.2, -0.15) is 0 Å². The lowest BCUT2D eigenvalue weighted by Crippen LogP contribution is -2.39. The smallest absolute Gasteiger partial charge is 0.335 e. The summed E-state index contributed by atoms with van der Waals surface area (Å²) in [6, 6.07) is 10.2. The first-order valence-corrected chi connectivity index (χ1v) is 9.91. The monoisotopic (exact) mass is 424 g/mol. The second-order valence-corrected chi connectivity index (χ2v) is 7.52. The van der Waals surface area contributed by atoms with E-state index in [0.29, 0.717) is 42.2 Å². The average Bonchev–Trinajstić information content (AvgIpc) is 2.73. The fourth-order valence-electron chi connectivity index (χ4n) is 3.78. The second-order valence-electron chi connectivity index (χ2n) is 7.52. The van der Waals surface area contributed by atoms with E-state index in [1.807, 2.05) is 11.8 Å². The molecule has 31 heavy (non-hydrogen) atoms. The third-order valence-corrected chi connectivity index (χ3v) is 5.62. The molecule has 2 aromatic carbocycles. The molecule has 8 heteroatoms. The Balaban J connectivity index is 1.90. The van der Waals surface area contributed by atoms with E-state index in [0.717, 1.165) is 11.1 Å². The number of phenols is 1. The lowest BCUT2D eigenvalue weighted by molar-refractivity contribution is -0.0175. The van der Waals surface area contributed by atoms with Crippen LogP contribution in [0.2, 0.25) is 0 Å². The zero-order chi connectivity index (χ0) is 22.7. The van der Waals surface area contributed by atoms with Crippen molar-refractivity contribution in [2.75, 3.05) is 19.7 Å². The maximum absolute atomic E-state index is 11.4. The summed E-state index contributed by atoms with van der Waals surface area (Å²) in [5.41, 5.74) is 22.3. The quantitative estimate of drug-likeness (QED) is 0.459. The highest BCUT2D eigenvalue weighted by Crippen LogP contribution is 2.31. The summed E-state index contributed by atoms with van der Waals surface area (Å²) in [5.74, 6) is -0.784. The number of hydrogen-bond acceptors (Lipinski definition) is 7. The van der Waals surface area contributed by atoms with Crippen molar-refractivity contribution in [2.45, 2.75) is 20.0 Å². The van der Waals surface area contributed by atoms with Gasteiger partial charge < -0.3 is 37.1 Å². The Bertz CT molecular complexity index is 1060. The molecule has 0 bridgehead atoms. The van der Waals surface area contributed by atoms with E-state index in [2.05, 4.69) is 0 Å². The van der Waals surface area contributed by atoms with E-state index in [-0.39, 0.29) is 23.2 Å². The Kier molecular flexibility index (Phi) is 6.41. The highest BCUT2D eigenvalue weighted by molar-refractivity contribution is 5.89. The van der Waals surface area contributed by atoms with Gasteiger partial charge in [0.1, 0.15) is 17.7 Å². The Morgan fingerprint density at radius 3 is 2.45 bits per heavy atom. The van der Waals surface area contributed by atoms with Gasteiger partial charge >= 0.3 is 5.97 Å². The molecule has 3 rings (SSSR count). The molecule has 0 amide bonds. The first-order chi connectivity index (χ1) is 14.7. The summed E-state index contributed by atoms with van der Waals surface area (Å²) in [7, 11) is 0. The molecule has 1 aliphatic rings. The number of nitrogens with zero attached hydrogens (tertiary/aromatic N) is 1. The minimum Gasteiger partial charge on any atom is -0.507 e. The summed E-state index contributed by atoms with van der Waals surface area (Å²) >= 11 is 0. The van der Waals surface area contributed by atoms with Crippen LogP contribution in [0.4, 0.5) is 0 Å². The number of allylic oxidation sites excluding steroid dienone is 1. The number of nitrogens with two attached hydrogens (primary N) is 3. The van der Waals surface area contributed by atoms with Crippen LogP contribution in [0.1, 0.15) is 38.7 Å². The fraction of sp³-hybridized carbons (Fsp3) is 0.261. The normalized spacial score (nSPS) is 16.8. The molecule has 0 spiro atoms. The van der Waals surface area contributed by atoms with Crippen molar-refractivity contribution in [2.24, 2.45) is 17.2 Å². The molecule has 0 aliphatic carbocycles. The van der Waals surface area contributed by atoms with E-state index >= 15 is 0 Å². The number of morpholine rings is 1. The Morgan fingerprint density at radius 2 is 1.81 bits per heavy atom. The van der Waals surface area contributed by atoms with Crippen LogP contribution in [0.15, 0.2) is 54.0 Å². The molecule has 2 aromatic rings. The average molecular weight is 425 g/mol. The number of benzene rings is 2. The number of aromatic carboxylic acids is 1. The highest BCUT2D eigenvalue weighted by Gasteiger charge is 2.26. The van der Waals surface area contributed by atoms with Crippen LogP contribution in [-0.2, 0) is 4.74 Å². The number of hydrogen-bond donors (Lipinski definition) is 5. The fourth-order valence-corrected chi connectivity index (χ4v) is 3.78. The predicted octanol–water partition coefficient (Wildman–Crippen LogP) is 2.17. The first kappa shape index (κ1) is 22.0. The van der Waals surface area contributed by atoms with Gasteiger partial charge in [0, 0.05) is 24.4 Å². The van der Waals surface area contributed by atoms with Crippen molar-refractivity contribution in [3.8, 4) is 5.75 Å². The molecule has 1 heterocycles. The van der Waals surface area contributed by atoms with Crippen LogP contribution < -0.4 is 17.2 Å². The number of carbonyl (C=O) groups is 1. The van der Waals surface area contributed by atoms with E-state index < -0.39 is 5.97 Å². The van der Waals surface area contributed by atoms with Gasteiger partial charge in [0.15, 0.2) is 0 Å². The van der Waals surface area contributed by atoms with Crippen molar-refractivity contribution in [3.05, 3.63) is 81.8 Å². The molecule has 1 saturated heterocycles. The second kappa shape index (κ2) is 9.01. The summed E-state index contributed by atoms with van der Waals surface area (Å²) in [6.07, 6.45) is 1.36. The van der Waals surface area contributed by atoms with Gasteiger partial charge in [-0.05, 0) is 54.8 Å². The van der Waals surface area contributed by atoms with Gasteiger partial charge in [0.2, 0.25) is 0 Å². The molecule has 1 aliphatic heterocycles. The third kappa shape index (κ3) is 4.59. The Morgan fingerprint density at radius 1 is 1.10 bits per heavy atom. The van der Waals surface area contributed by atoms with Crippen molar-refractivity contribution < 1.29 is 19.7 Å². The number of carboxylic acid groups (broad SMARTS) is 1. The van der Waals surface area contributed by atoms with E-state index in [9.17, 15) is 15.0 Å². The minimum atomic E-state index is -0.954. The van der Waals surface area contributed by atoms with Crippen LogP contribution in [0.5, 0.6) is 5.75 Å². The van der Waals surface area contributed by atoms with Gasteiger partial charge in [0.25, 0.3) is 0 Å². The number of phenolic OH excluding ortho intramolecular Hbond substituents is 1. The van der Waals surface area contributed by atoms with Gasteiger partial charge in [-0.3, -0.25) is 0 Å². The van der Waals surface area contributed by atoms with Gasteiger partial charge in [0.05, 0.1) is 17.9 Å². The van der Waals surface area contributed by atoms with Crippen LogP contribution in [-0.4, -0.2) is 40.8 Å². The molecular formula is C23H28N4O4. The highest BCUT2D eigenvalue weighted by atomic mass is 16.5. The molecular weight excluding hydrogens is 396 g/mol. The van der Waals surface area contributed by atoms with E-state index in [1.54, 1.807) is 49.4 Å². The van der Waals surface area contributed by atoms with E-state index in [1.165, 1.54) is 0 Å². The van der Waals surface area contributed by atoms with Crippen molar-refractivity contribution in [1.29, 1.82) is 0 Å². The van der Waals surface area contributed by atoms with Crippen molar-refractivity contribution in [1.82, 2.24) is 4.90 Å². The summed E-state index contributed by atoms with van der Waals surface area (Å²) < 4.78 is 5.98. The number of carboxylic acids is 1. The molecule has 8 N–H and O–H groups in total. The SMILES string of the molecule is Cc1c(C(=O)O)ccc(C2CN(C(/C=C(\N)c3ccccc3O)=C(N)N)CCO2)c1C. The van der Waals surface area contributed by atoms with Crippen LogP contribution >= 0.6 is 0 Å². The van der Waals surface area contributed by atoms with Gasteiger partial charge in [-0.15, -0.1) is 0 Å². The molecule has 0 radical (unpaired) electrons. The maximum atomic E-state index is 11.4. The van der Waals surface area contributed by atoms with Crippen LogP contribution in [0.25, 0.3) is 5.70 Å². The Hall–Kier alpha value is -3.65. The largest absolute Gasteiger partial charge is 0.507 e. The van der Waals surface area contributed by atoms with Crippen molar-refractivity contribution >= 4 is 11.7 Å². The van der Waals surface area contributed by atoms with Crippen LogP contribution in [0.3, 0.4) is 0 Å². The summed E-state index contributed by atoms with van der Waals surface area (Å²) in [5, 5.41) is 19.4. The van der Waals surface area contributed by atoms with E-state index in [4.69, 9.17) is 21.9 Å². The number of ether oxygens (including phenoxy) is 1. The first-order valence-electron chi connectivity index (χ1n) is 9.91. The molecule has 0 aromatic heterocycles. The standard InChI is InChI=1S/C23H28N4O4/c1-13-14(2)16(23(29)30)8-7-15(13)21-12-27(9-10-31-21)19(22(25)26)11-18(24)17-5-3-4-6-20(17)28/h3-8,11,21,28H,9-10,12,24-26H2,1-2H3,(H,29,30)/b18-11-. The van der Waals surface area contributed by atoms with Crippen molar-refractivity contribution in [3.63, 3.8) is 0 Å².